The van der Waals surface area contributed by atoms with Gasteiger partial charge in [0.1, 0.15) is 11.6 Å². The fourth-order valence-electron chi connectivity index (χ4n) is 4.00. The lowest BCUT2D eigenvalue weighted by Gasteiger charge is -2.22. The van der Waals surface area contributed by atoms with Crippen molar-refractivity contribution >= 4 is 28.6 Å². The van der Waals surface area contributed by atoms with Crippen molar-refractivity contribution < 1.29 is 18.0 Å². The molecular weight excluding hydrogens is 422 g/mol. The second-order valence-electron chi connectivity index (χ2n) is 7.53. The molecule has 0 bridgehead atoms. The summed E-state index contributed by atoms with van der Waals surface area (Å²) >= 11 is 6.04. The third kappa shape index (κ3) is 3.68. The van der Waals surface area contributed by atoms with E-state index in [1.54, 1.807) is 47.4 Å². The molecule has 4 aromatic rings. The van der Waals surface area contributed by atoms with Gasteiger partial charge in [0, 0.05) is 17.1 Å². The maximum atomic E-state index is 13.6. The van der Waals surface area contributed by atoms with Crippen molar-refractivity contribution in [3.05, 3.63) is 88.8 Å². The average molecular weight is 439 g/mol. The predicted octanol–water partition coefficient (Wildman–Crippen LogP) is 6.40. The highest BCUT2D eigenvalue weighted by molar-refractivity contribution is 6.30. The van der Waals surface area contributed by atoms with E-state index >= 15 is 0 Å². The van der Waals surface area contributed by atoms with E-state index in [1.807, 2.05) is 0 Å². The Morgan fingerprint density at radius 2 is 1.84 bits per heavy atom. The molecule has 156 valence electrons. The lowest BCUT2D eigenvalue weighted by molar-refractivity contribution is 0.0717. The number of rotatable bonds is 3. The summed E-state index contributed by atoms with van der Waals surface area (Å²) in [6.07, 6.45) is 1.59. The topological polar surface area (TPSA) is 46.3 Å². The number of oxazole rings is 1. The summed E-state index contributed by atoms with van der Waals surface area (Å²) in [4.78, 5) is 19.4. The summed E-state index contributed by atoms with van der Waals surface area (Å²) in [5.41, 5.74) is 2.94. The van der Waals surface area contributed by atoms with Crippen LogP contribution in [0.15, 0.2) is 65.1 Å². The summed E-state index contributed by atoms with van der Waals surface area (Å²) in [7, 11) is 0. The lowest BCUT2D eigenvalue weighted by atomic mass is 10.1. The maximum Gasteiger partial charge on any atom is 0.254 e. The number of nitrogens with zero attached hydrogens (tertiary/aromatic N) is 2. The molecule has 1 atom stereocenters. The van der Waals surface area contributed by atoms with Gasteiger partial charge in [0.15, 0.2) is 17.2 Å². The van der Waals surface area contributed by atoms with E-state index < -0.39 is 11.6 Å². The van der Waals surface area contributed by atoms with Crippen LogP contribution in [0.25, 0.3) is 22.2 Å². The fraction of sp³-hybridized carbons (Fsp3) is 0.167. The fourth-order valence-corrected chi connectivity index (χ4v) is 4.19. The molecule has 1 fully saturated rings. The minimum Gasteiger partial charge on any atom is -0.438 e. The molecule has 0 saturated carbocycles. The summed E-state index contributed by atoms with van der Waals surface area (Å²) in [6, 6.07) is 15.7. The van der Waals surface area contributed by atoms with Gasteiger partial charge in [0.05, 0.1) is 0 Å². The van der Waals surface area contributed by atoms with Gasteiger partial charge in [-0.25, -0.2) is 13.8 Å². The van der Waals surface area contributed by atoms with Gasteiger partial charge in [-0.1, -0.05) is 29.8 Å². The van der Waals surface area contributed by atoms with Crippen LogP contribution in [0.5, 0.6) is 0 Å². The molecule has 0 unspecified atom stereocenters. The number of benzene rings is 3. The van der Waals surface area contributed by atoms with Crippen LogP contribution in [0.4, 0.5) is 8.78 Å². The van der Waals surface area contributed by atoms with Gasteiger partial charge in [-0.2, -0.15) is 0 Å². The highest BCUT2D eigenvalue weighted by Crippen LogP contribution is 2.35. The Morgan fingerprint density at radius 3 is 2.65 bits per heavy atom. The van der Waals surface area contributed by atoms with Gasteiger partial charge in [0.2, 0.25) is 5.89 Å². The lowest BCUT2D eigenvalue weighted by Crippen LogP contribution is -2.30. The molecule has 31 heavy (non-hydrogen) atoms. The maximum absolute atomic E-state index is 13.6. The third-order valence-electron chi connectivity index (χ3n) is 5.53. The van der Waals surface area contributed by atoms with Crippen LogP contribution in [0.3, 0.4) is 0 Å². The molecule has 1 aliphatic rings. The van der Waals surface area contributed by atoms with Crippen molar-refractivity contribution in [3.63, 3.8) is 0 Å². The first-order chi connectivity index (χ1) is 15.0. The number of amides is 1. The summed E-state index contributed by atoms with van der Waals surface area (Å²) in [5.74, 6) is -1.45. The molecule has 0 N–H and O–H groups in total. The Morgan fingerprint density at radius 1 is 1.03 bits per heavy atom. The summed E-state index contributed by atoms with van der Waals surface area (Å²) in [6.45, 7) is 0.606. The minimum absolute atomic E-state index is 0.116. The molecule has 0 aliphatic carbocycles. The second-order valence-corrected chi connectivity index (χ2v) is 7.97. The molecular formula is C24H17ClF2N2O2. The van der Waals surface area contributed by atoms with Crippen LogP contribution in [0, 0.1) is 11.6 Å². The number of aromatic nitrogens is 1. The summed E-state index contributed by atoms with van der Waals surface area (Å²) < 4.78 is 32.8. The molecule has 5 rings (SSSR count). The highest BCUT2D eigenvalue weighted by atomic mass is 35.5. The zero-order valence-corrected chi connectivity index (χ0v) is 17.1. The van der Waals surface area contributed by atoms with Gasteiger partial charge in [0.25, 0.3) is 5.91 Å². The zero-order chi connectivity index (χ0) is 21.5. The van der Waals surface area contributed by atoms with E-state index in [9.17, 15) is 13.6 Å². The van der Waals surface area contributed by atoms with E-state index in [0.29, 0.717) is 45.2 Å². The second kappa shape index (κ2) is 7.78. The van der Waals surface area contributed by atoms with Gasteiger partial charge >= 0.3 is 0 Å². The van der Waals surface area contributed by atoms with Crippen LogP contribution < -0.4 is 0 Å². The SMILES string of the molecule is O=C(c1cccc(Cl)c1)N1CCC[C@H]1c1nc2cc(-c3ccc(F)c(F)c3)ccc2o1. The van der Waals surface area contributed by atoms with Crippen molar-refractivity contribution in [2.45, 2.75) is 18.9 Å². The van der Waals surface area contributed by atoms with E-state index in [2.05, 4.69) is 4.98 Å². The number of hydrogen-bond acceptors (Lipinski definition) is 3. The van der Waals surface area contributed by atoms with Crippen molar-refractivity contribution in [1.29, 1.82) is 0 Å². The smallest absolute Gasteiger partial charge is 0.254 e. The number of halogens is 3. The first kappa shape index (κ1) is 19.7. The Bertz CT molecular complexity index is 1300. The van der Waals surface area contributed by atoms with Crippen molar-refractivity contribution in [1.82, 2.24) is 9.88 Å². The molecule has 0 radical (unpaired) electrons. The van der Waals surface area contributed by atoms with Gasteiger partial charge < -0.3 is 9.32 Å². The monoisotopic (exact) mass is 438 g/mol. The first-order valence-electron chi connectivity index (χ1n) is 9.92. The molecule has 1 aliphatic heterocycles. The van der Waals surface area contributed by atoms with E-state index in [4.69, 9.17) is 16.0 Å². The van der Waals surface area contributed by atoms with Crippen molar-refractivity contribution in [3.8, 4) is 11.1 Å². The Balaban J connectivity index is 1.47. The average Bonchev–Trinajstić information content (AvgIpc) is 3.41. The molecule has 3 aromatic carbocycles. The Hall–Kier alpha value is -3.25. The third-order valence-corrected chi connectivity index (χ3v) is 5.76. The minimum atomic E-state index is -0.903. The summed E-state index contributed by atoms with van der Waals surface area (Å²) in [5, 5.41) is 0.508. The molecule has 2 heterocycles. The van der Waals surface area contributed by atoms with Gasteiger partial charge in [-0.3, -0.25) is 4.79 Å². The van der Waals surface area contributed by atoms with Gasteiger partial charge in [-0.15, -0.1) is 0 Å². The van der Waals surface area contributed by atoms with Crippen LogP contribution in [0.1, 0.15) is 35.1 Å². The predicted molar refractivity (Wildman–Crippen MR) is 114 cm³/mol. The number of fused-ring (bicyclic) bond motifs is 1. The number of carbonyl (C=O) groups is 1. The molecule has 0 spiro atoms. The van der Waals surface area contributed by atoms with E-state index in [0.717, 1.165) is 25.0 Å². The van der Waals surface area contributed by atoms with Crippen LogP contribution >= 0.6 is 11.6 Å². The number of carbonyl (C=O) groups excluding carboxylic acids is 1. The van der Waals surface area contributed by atoms with Crippen molar-refractivity contribution in [2.24, 2.45) is 0 Å². The van der Waals surface area contributed by atoms with Crippen LogP contribution in [-0.2, 0) is 0 Å². The number of likely N-dealkylation sites (tertiary alicyclic amines) is 1. The molecule has 1 saturated heterocycles. The zero-order valence-electron chi connectivity index (χ0n) is 16.3. The molecule has 1 aromatic heterocycles. The van der Waals surface area contributed by atoms with Crippen molar-refractivity contribution in [2.75, 3.05) is 6.54 Å². The van der Waals surface area contributed by atoms with Crippen LogP contribution in [0.2, 0.25) is 5.02 Å². The van der Waals surface area contributed by atoms with E-state index in [-0.39, 0.29) is 11.9 Å². The molecule has 4 nitrogen and oxygen atoms in total. The first-order valence-corrected chi connectivity index (χ1v) is 10.3. The number of hydrogen-bond donors (Lipinski definition) is 0. The quantitative estimate of drug-likeness (QED) is 0.371. The van der Waals surface area contributed by atoms with E-state index in [1.165, 1.54) is 6.07 Å². The molecule has 7 heteroatoms. The normalized spacial score (nSPS) is 16.2. The van der Waals surface area contributed by atoms with Gasteiger partial charge in [-0.05, 0) is 66.4 Å². The van der Waals surface area contributed by atoms with Crippen LogP contribution in [-0.4, -0.2) is 22.3 Å². The largest absolute Gasteiger partial charge is 0.438 e. The molecule has 1 amide bonds. The Labute approximate surface area is 182 Å². The Kier molecular flexibility index (Phi) is 4.94. The highest BCUT2D eigenvalue weighted by Gasteiger charge is 2.34. The standard InChI is InChI=1S/C24H17ClF2N2O2/c25-17-4-1-3-16(11-17)24(30)29-10-2-5-21(29)23-28-20-13-15(7-9-22(20)31-23)14-6-8-18(26)19(27)12-14/h1,3-4,6-9,11-13,21H,2,5,10H2/t21-/m0/s1.